The molecule has 1 saturated heterocycles. The predicted octanol–water partition coefficient (Wildman–Crippen LogP) is 4.58. The van der Waals surface area contributed by atoms with Gasteiger partial charge in [0.2, 0.25) is 11.7 Å². The van der Waals surface area contributed by atoms with Gasteiger partial charge in [-0.1, -0.05) is 29.8 Å². The van der Waals surface area contributed by atoms with Crippen LogP contribution < -0.4 is 0 Å². The first-order valence-electron chi connectivity index (χ1n) is 9.02. The molecular formula is C20H20ClN3O3. The lowest BCUT2D eigenvalue weighted by Gasteiger charge is -2.33. The first-order valence-corrected chi connectivity index (χ1v) is 9.40. The molecule has 4 rings (SSSR count). The molecule has 1 atom stereocenters. The summed E-state index contributed by atoms with van der Waals surface area (Å²) in [5.41, 5.74) is 1.58. The van der Waals surface area contributed by atoms with Crippen LogP contribution in [0.15, 0.2) is 45.7 Å². The van der Waals surface area contributed by atoms with Crippen LogP contribution >= 0.6 is 11.6 Å². The lowest BCUT2D eigenvalue weighted by Crippen LogP contribution is -2.38. The van der Waals surface area contributed by atoms with E-state index >= 15 is 0 Å². The topological polar surface area (TPSA) is 72.4 Å². The van der Waals surface area contributed by atoms with Gasteiger partial charge < -0.3 is 13.7 Å². The van der Waals surface area contributed by atoms with Gasteiger partial charge in [-0.05, 0) is 37.8 Å². The molecule has 1 fully saturated rings. The zero-order valence-corrected chi connectivity index (χ0v) is 15.8. The van der Waals surface area contributed by atoms with E-state index in [0.717, 1.165) is 30.6 Å². The van der Waals surface area contributed by atoms with Gasteiger partial charge in [0.25, 0.3) is 5.91 Å². The van der Waals surface area contributed by atoms with Gasteiger partial charge in [0.1, 0.15) is 11.8 Å². The van der Waals surface area contributed by atoms with E-state index in [0.29, 0.717) is 29.6 Å². The monoisotopic (exact) mass is 385 g/mol. The molecule has 1 amide bonds. The van der Waals surface area contributed by atoms with Crippen LogP contribution in [0.2, 0.25) is 5.02 Å². The number of nitrogens with zero attached hydrogens (tertiary/aromatic N) is 3. The molecule has 1 aliphatic rings. The van der Waals surface area contributed by atoms with Crippen LogP contribution in [0.3, 0.4) is 0 Å². The van der Waals surface area contributed by atoms with E-state index in [4.69, 9.17) is 20.4 Å². The molecule has 1 aliphatic heterocycles. The average Bonchev–Trinajstić information content (AvgIpc) is 3.32. The summed E-state index contributed by atoms with van der Waals surface area (Å²) in [6, 6.07) is 7.47. The highest BCUT2D eigenvalue weighted by Crippen LogP contribution is 2.32. The Balaban J connectivity index is 1.56. The number of piperidine rings is 1. The molecule has 0 bridgehead atoms. The fourth-order valence-corrected chi connectivity index (χ4v) is 3.66. The van der Waals surface area contributed by atoms with Crippen LogP contribution in [-0.4, -0.2) is 27.3 Å². The Morgan fingerprint density at radius 2 is 2.15 bits per heavy atom. The first-order chi connectivity index (χ1) is 13.1. The average molecular weight is 386 g/mol. The zero-order valence-electron chi connectivity index (χ0n) is 15.0. The number of amides is 1. The number of halogens is 1. The Morgan fingerprint density at radius 1 is 1.30 bits per heavy atom. The van der Waals surface area contributed by atoms with Crippen molar-refractivity contribution in [3.05, 3.63) is 70.5 Å². The molecule has 3 heterocycles. The van der Waals surface area contributed by atoms with E-state index in [1.807, 2.05) is 24.3 Å². The molecule has 0 saturated carbocycles. The molecule has 1 aromatic carbocycles. The van der Waals surface area contributed by atoms with E-state index in [2.05, 4.69) is 9.97 Å². The third kappa shape index (κ3) is 3.62. The third-order valence-corrected chi connectivity index (χ3v) is 5.25. The number of hydrogen-bond donors (Lipinski definition) is 0. The molecule has 6 nitrogen and oxygen atoms in total. The van der Waals surface area contributed by atoms with Gasteiger partial charge in [-0.2, -0.15) is 0 Å². The SMILES string of the molecule is Cc1ncoc1C(=O)N1CCCC[C@H]1c1ncc(Cc2ccccc2Cl)o1. The molecule has 7 heteroatoms. The summed E-state index contributed by atoms with van der Waals surface area (Å²) in [7, 11) is 0. The molecule has 0 spiro atoms. The summed E-state index contributed by atoms with van der Waals surface area (Å²) in [4.78, 5) is 23.2. The number of carbonyl (C=O) groups is 1. The smallest absolute Gasteiger partial charge is 0.292 e. The molecule has 2 aromatic heterocycles. The fraction of sp³-hybridized carbons (Fsp3) is 0.350. The number of oxazole rings is 2. The Labute approximate surface area is 162 Å². The van der Waals surface area contributed by atoms with E-state index in [1.54, 1.807) is 18.0 Å². The standard InChI is InChI=1S/C20H20ClN3O3/c1-13-18(26-12-23-13)20(25)24-9-5-4-8-17(24)19-22-11-15(27-19)10-14-6-2-3-7-16(14)21/h2-3,6-7,11-12,17H,4-5,8-10H2,1H3/t17-/m0/s1. The normalized spacial score (nSPS) is 17.3. The number of likely N-dealkylation sites (tertiary alicyclic amines) is 1. The van der Waals surface area contributed by atoms with Gasteiger partial charge in [0, 0.05) is 18.0 Å². The van der Waals surface area contributed by atoms with Crippen molar-refractivity contribution in [2.24, 2.45) is 0 Å². The second-order valence-corrected chi connectivity index (χ2v) is 7.12. The minimum absolute atomic E-state index is 0.166. The van der Waals surface area contributed by atoms with Crippen LogP contribution in [0.4, 0.5) is 0 Å². The van der Waals surface area contributed by atoms with E-state index in [9.17, 15) is 4.79 Å². The molecule has 0 aliphatic carbocycles. The second kappa shape index (κ2) is 7.56. The van der Waals surface area contributed by atoms with Gasteiger partial charge in [-0.3, -0.25) is 4.79 Å². The molecule has 0 unspecified atom stereocenters. The number of aromatic nitrogens is 2. The summed E-state index contributed by atoms with van der Waals surface area (Å²) in [6.07, 6.45) is 6.36. The van der Waals surface area contributed by atoms with Crippen LogP contribution in [0.1, 0.15) is 58.8 Å². The van der Waals surface area contributed by atoms with Crippen molar-refractivity contribution in [2.45, 2.75) is 38.6 Å². The molecule has 0 radical (unpaired) electrons. The van der Waals surface area contributed by atoms with Crippen LogP contribution in [0, 0.1) is 6.92 Å². The molecule has 140 valence electrons. The number of hydrogen-bond acceptors (Lipinski definition) is 5. The highest BCUT2D eigenvalue weighted by Gasteiger charge is 2.34. The summed E-state index contributed by atoms with van der Waals surface area (Å²) in [5, 5.41) is 0.700. The predicted molar refractivity (Wildman–Crippen MR) is 99.6 cm³/mol. The lowest BCUT2D eigenvalue weighted by molar-refractivity contribution is 0.0537. The van der Waals surface area contributed by atoms with E-state index in [-0.39, 0.29) is 17.7 Å². The van der Waals surface area contributed by atoms with Crippen LogP contribution in [-0.2, 0) is 6.42 Å². The minimum Gasteiger partial charge on any atom is -0.443 e. The Kier molecular flexibility index (Phi) is 4.99. The third-order valence-electron chi connectivity index (χ3n) is 4.88. The number of aryl methyl sites for hydroxylation is 1. The fourth-order valence-electron chi connectivity index (χ4n) is 3.46. The summed E-state index contributed by atoms with van der Waals surface area (Å²) < 4.78 is 11.3. The maximum absolute atomic E-state index is 12.9. The van der Waals surface area contributed by atoms with Crippen molar-refractivity contribution in [3.8, 4) is 0 Å². The largest absolute Gasteiger partial charge is 0.443 e. The van der Waals surface area contributed by atoms with Crippen molar-refractivity contribution < 1.29 is 13.6 Å². The highest BCUT2D eigenvalue weighted by molar-refractivity contribution is 6.31. The van der Waals surface area contributed by atoms with Crippen LogP contribution in [0.25, 0.3) is 0 Å². The van der Waals surface area contributed by atoms with Crippen molar-refractivity contribution in [3.63, 3.8) is 0 Å². The van der Waals surface area contributed by atoms with E-state index in [1.165, 1.54) is 6.39 Å². The Bertz CT molecular complexity index is 949. The number of benzene rings is 1. The van der Waals surface area contributed by atoms with E-state index < -0.39 is 0 Å². The summed E-state index contributed by atoms with van der Waals surface area (Å²) >= 11 is 6.23. The van der Waals surface area contributed by atoms with Gasteiger partial charge in [0.15, 0.2) is 6.39 Å². The lowest BCUT2D eigenvalue weighted by atomic mass is 10.0. The maximum atomic E-state index is 12.9. The molecule has 0 N–H and O–H groups in total. The van der Waals surface area contributed by atoms with Crippen molar-refractivity contribution in [1.82, 2.24) is 14.9 Å². The summed E-state index contributed by atoms with van der Waals surface area (Å²) in [5.74, 6) is 1.40. The Hall–Kier alpha value is -2.60. The minimum atomic E-state index is -0.198. The molecular weight excluding hydrogens is 366 g/mol. The van der Waals surface area contributed by atoms with Gasteiger partial charge in [-0.25, -0.2) is 9.97 Å². The quantitative estimate of drug-likeness (QED) is 0.657. The summed E-state index contributed by atoms with van der Waals surface area (Å²) in [6.45, 7) is 2.41. The molecule has 27 heavy (non-hydrogen) atoms. The van der Waals surface area contributed by atoms with Gasteiger partial charge >= 0.3 is 0 Å². The van der Waals surface area contributed by atoms with Crippen molar-refractivity contribution in [1.29, 1.82) is 0 Å². The molecule has 3 aromatic rings. The number of rotatable bonds is 4. The van der Waals surface area contributed by atoms with Crippen molar-refractivity contribution in [2.75, 3.05) is 6.54 Å². The Morgan fingerprint density at radius 3 is 2.93 bits per heavy atom. The maximum Gasteiger partial charge on any atom is 0.292 e. The van der Waals surface area contributed by atoms with Crippen LogP contribution in [0.5, 0.6) is 0 Å². The second-order valence-electron chi connectivity index (χ2n) is 6.71. The van der Waals surface area contributed by atoms with Gasteiger partial charge in [0.05, 0.1) is 11.9 Å². The van der Waals surface area contributed by atoms with Crippen molar-refractivity contribution >= 4 is 17.5 Å². The number of carbonyl (C=O) groups excluding carboxylic acids is 1. The zero-order chi connectivity index (χ0) is 18.8. The van der Waals surface area contributed by atoms with Gasteiger partial charge in [-0.15, -0.1) is 0 Å². The highest BCUT2D eigenvalue weighted by atomic mass is 35.5. The first kappa shape index (κ1) is 17.8.